The fraction of sp³-hybridized carbons (Fsp3) is 0.652. The standard InChI is InChI=1S/C23H34ClN3O4S/c1-2-3-4-13-25-22(28)18-9-14-26(15-10-18)23(29)19-11-16-27(17-12-19)32(30,31)21-7-5-20(24)6-8-21/h5-8,18-19H,2-4,9-17H2,1H3,(H,25,28). The first kappa shape index (κ1) is 25.0. The third-order valence-corrected chi connectivity index (χ3v) is 8.68. The molecule has 0 atom stereocenters. The molecule has 1 aromatic carbocycles. The lowest BCUT2D eigenvalue weighted by Crippen LogP contribution is -2.48. The maximum absolute atomic E-state index is 13.0. The van der Waals surface area contributed by atoms with Crippen LogP contribution >= 0.6 is 11.6 Å². The Kier molecular flexibility index (Phi) is 8.96. The summed E-state index contributed by atoms with van der Waals surface area (Å²) in [4.78, 5) is 27.4. The number of nitrogens with one attached hydrogen (secondary N) is 1. The summed E-state index contributed by atoms with van der Waals surface area (Å²) >= 11 is 5.86. The number of likely N-dealkylation sites (tertiary alicyclic amines) is 1. The van der Waals surface area contributed by atoms with Gasteiger partial charge in [-0.15, -0.1) is 0 Å². The van der Waals surface area contributed by atoms with Crippen LogP contribution in [0.2, 0.25) is 5.02 Å². The molecule has 0 unspecified atom stereocenters. The SMILES string of the molecule is CCCCCNC(=O)C1CCN(C(=O)C2CCN(S(=O)(=O)c3ccc(Cl)cc3)CC2)CC1. The molecule has 2 saturated heterocycles. The van der Waals surface area contributed by atoms with E-state index < -0.39 is 10.0 Å². The van der Waals surface area contributed by atoms with E-state index in [1.165, 1.54) is 16.4 Å². The van der Waals surface area contributed by atoms with Gasteiger partial charge in [0.1, 0.15) is 0 Å². The molecule has 0 saturated carbocycles. The van der Waals surface area contributed by atoms with Gasteiger partial charge >= 0.3 is 0 Å². The molecule has 2 amide bonds. The lowest BCUT2D eigenvalue weighted by Gasteiger charge is -2.36. The van der Waals surface area contributed by atoms with Crippen molar-refractivity contribution in [3.05, 3.63) is 29.3 Å². The van der Waals surface area contributed by atoms with Gasteiger partial charge in [0.25, 0.3) is 0 Å². The van der Waals surface area contributed by atoms with Crippen LogP contribution in [0, 0.1) is 11.8 Å². The van der Waals surface area contributed by atoms with Crippen molar-refractivity contribution in [3.63, 3.8) is 0 Å². The van der Waals surface area contributed by atoms with Gasteiger partial charge in [-0.2, -0.15) is 4.31 Å². The summed E-state index contributed by atoms with van der Waals surface area (Å²) in [5.74, 6) is 0.0161. The summed E-state index contributed by atoms with van der Waals surface area (Å²) in [6.45, 7) is 4.71. The molecule has 1 aromatic rings. The minimum atomic E-state index is -3.58. The van der Waals surface area contributed by atoms with E-state index in [9.17, 15) is 18.0 Å². The zero-order chi connectivity index (χ0) is 23.1. The van der Waals surface area contributed by atoms with Crippen molar-refractivity contribution in [3.8, 4) is 0 Å². The molecule has 9 heteroatoms. The van der Waals surface area contributed by atoms with Gasteiger partial charge in [-0.05, 0) is 56.4 Å². The molecule has 178 valence electrons. The second-order valence-electron chi connectivity index (χ2n) is 8.73. The molecule has 2 heterocycles. The Morgan fingerprint density at radius 3 is 2.16 bits per heavy atom. The second kappa shape index (κ2) is 11.5. The predicted molar refractivity (Wildman–Crippen MR) is 125 cm³/mol. The van der Waals surface area contributed by atoms with Crippen molar-refractivity contribution < 1.29 is 18.0 Å². The van der Waals surface area contributed by atoms with Crippen molar-refractivity contribution in [1.82, 2.24) is 14.5 Å². The van der Waals surface area contributed by atoms with Gasteiger partial charge in [-0.25, -0.2) is 8.42 Å². The van der Waals surface area contributed by atoms with Crippen LogP contribution < -0.4 is 5.32 Å². The number of benzene rings is 1. The Morgan fingerprint density at radius 1 is 0.969 bits per heavy atom. The van der Waals surface area contributed by atoms with E-state index in [0.717, 1.165) is 25.8 Å². The molecule has 0 radical (unpaired) electrons. The number of carbonyl (C=O) groups is 2. The smallest absolute Gasteiger partial charge is 0.243 e. The third-order valence-electron chi connectivity index (χ3n) is 6.51. The van der Waals surface area contributed by atoms with Gasteiger partial charge in [-0.3, -0.25) is 9.59 Å². The molecular formula is C23H34ClN3O4S. The van der Waals surface area contributed by atoms with Gasteiger partial charge in [0.2, 0.25) is 21.8 Å². The first-order chi connectivity index (χ1) is 15.3. The average Bonchev–Trinajstić information content (AvgIpc) is 2.82. The van der Waals surface area contributed by atoms with E-state index in [-0.39, 0.29) is 28.5 Å². The van der Waals surface area contributed by atoms with Crippen LogP contribution in [0.4, 0.5) is 0 Å². The minimum Gasteiger partial charge on any atom is -0.356 e. The van der Waals surface area contributed by atoms with Crippen LogP contribution in [0.15, 0.2) is 29.2 Å². The average molecular weight is 484 g/mol. The number of rotatable bonds is 8. The molecule has 0 spiro atoms. The molecule has 0 aliphatic carbocycles. The fourth-order valence-electron chi connectivity index (χ4n) is 4.45. The molecule has 2 aliphatic rings. The Bertz CT molecular complexity index is 875. The monoisotopic (exact) mass is 483 g/mol. The Balaban J connectivity index is 1.45. The number of halogens is 1. The number of unbranched alkanes of at least 4 members (excludes halogenated alkanes) is 2. The first-order valence-corrected chi connectivity index (χ1v) is 13.5. The van der Waals surface area contributed by atoms with Crippen molar-refractivity contribution >= 4 is 33.4 Å². The van der Waals surface area contributed by atoms with E-state index in [2.05, 4.69) is 12.2 Å². The van der Waals surface area contributed by atoms with Crippen LogP contribution in [-0.2, 0) is 19.6 Å². The highest BCUT2D eigenvalue weighted by molar-refractivity contribution is 7.89. The van der Waals surface area contributed by atoms with Crippen molar-refractivity contribution in [1.29, 1.82) is 0 Å². The van der Waals surface area contributed by atoms with Gasteiger partial charge in [-0.1, -0.05) is 31.4 Å². The number of nitrogens with zero attached hydrogens (tertiary/aromatic N) is 2. The summed E-state index contributed by atoms with van der Waals surface area (Å²) in [6, 6.07) is 6.16. The molecule has 32 heavy (non-hydrogen) atoms. The van der Waals surface area contributed by atoms with Gasteiger partial charge < -0.3 is 10.2 Å². The van der Waals surface area contributed by atoms with Crippen LogP contribution in [0.3, 0.4) is 0 Å². The highest BCUT2D eigenvalue weighted by atomic mass is 35.5. The molecule has 1 N–H and O–H groups in total. The maximum atomic E-state index is 13.0. The summed E-state index contributed by atoms with van der Waals surface area (Å²) in [5, 5.41) is 3.51. The van der Waals surface area contributed by atoms with Crippen LogP contribution in [0.5, 0.6) is 0 Å². The second-order valence-corrected chi connectivity index (χ2v) is 11.1. The maximum Gasteiger partial charge on any atom is 0.243 e. The Morgan fingerprint density at radius 2 is 1.56 bits per heavy atom. The molecular weight excluding hydrogens is 450 g/mol. The number of hydrogen-bond acceptors (Lipinski definition) is 4. The van der Waals surface area contributed by atoms with Crippen LogP contribution in [-0.4, -0.2) is 62.2 Å². The molecule has 2 fully saturated rings. The lowest BCUT2D eigenvalue weighted by atomic mass is 9.92. The summed E-state index contributed by atoms with van der Waals surface area (Å²) < 4.78 is 27.1. The van der Waals surface area contributed by atoms with Crippen molar-refractivity contribution in [2.75, 3.05) is 32.7 Å². The van der Waals surface area contributed by atoms with E-state index in [0.29, 0.717) is 56.9 Å². The normalized spacial score (nSPS) is 19.1. The van der Waals surface area contributed by atoms with Crippen LogP contribution in [0.25, 0.3) is 0 Å². The zero-order valence-corrected chi connectivity index (χ0v) is 20.3. The lowest BCUT2D eigenvalue weighted by molar-refractivity contribution is -0.140. The van der Waals surface area contributed by atoms with E-state index in [1.807, 2.05) is 4.90 Å². The molecule has 0 bridgehead atoms. The van der Waals surface area contributed by atoms with E-state index >= 15 is 0 Å². The van der Waals surface area contributed by atoms with E-state index in [1.54, 1.807) is 12.1 Å². The van der Waals surface area contributed by atoms with Crippen molar-refractivity contribution in [2.24, 2.45) is 11.8 Å². The molecule has 3 rings (SSSR count). The highest BCUT2D eigenvalue weighted by Gasteiger charge is 2.35. The summed E-state index contributed by atoms with van der Waals surface area (Å²) in [5.41, 5.74) is 0. The quantitative estimate of drug-likeness (QED) is 0.575. The largest absolute Gasteiger partial charge is 0.356 e. The minimum absolute atomic E-state index is 0.0213. The Labute approximate surface area is 196 Å². The third kappa shape index (κ3) is 6.23. The number of sulfonamides is 1. The fourth-order valence-corrected chi connectivity index (χ4v) is 6.05. The number of carbonyl (C=O) groups excluding carboxylic acids is 2. The first-order valence-electron chi connectivity index (χ1n) is 11.6. The highest BCUT2D eigenvalue weighted by Crippen LogP contribution is 2.27. The van der Waals surface area contributed by atoms with Gasteiger partial charge in [0, 0.05) is 49.6 Å². The van der Waals surface area contributed by atoms with Gasteiger partial charge in [0.15, 0.2) is 0 Å². The molecule has 0 aromatic heterocycles. The molecule has 7 nitrogen and oxygen atoms in total. The number of amides is 2. The number of hydrogen-bond donors (Lipinski definition) is 1. The van der Waals surface area contributed by atoms with Crippen molar-refractivity contribution in [2.45, 2.75) is 56.8 Å². The topological polar surface area (TPSA) is 86.8 Å². The van der Waals surface area contributed by atoms with Crippen LogP contribution in [0.1, 0.15) is 51.9 Å². The summed E-state index contributed by atoms with van der Waals surface area (Å²) in [6.07, 6.45) is 5.67. The predicted octanol–water partition coefficient (Wildman–Crippen LogP) is 3.29. The van der Waals surface area contributed by atoms with E-state index in [4.69, 9.17) is 11.6 Å². The number of piperidine rings is 2. The van der Waals surface area contributed by atoms with Gasteiger partial charge in [0.05, 0.1) is 4.90 Å². The summed E-state index contributed by atoms with van der Waals surface area (Å²) in [7, 11) is -3.58. The zero-order valence-electron chi connectivity index (χ0n) is 18.8. The molecule has 2 aliphatic heterocycles. The Hall–Kier alpha value is -1.64.